The molecular formula is C14H23NO3S. The van der Waals surface area contributed by atoms with Crippen molar-refractivity contribution in [2.24, 2.45) is 0 Å². The topological polar surface area (TPSA) is 66.4 Å². The van der Waals surface area contributed by atoms with E-state index in [1.54, 1.807) is 18.2 Å². The number of rotatable bonds is 7. The molecule has 0 fully saturated rings. The zero-order chi connectivity index (χ0) is 14.5. The van der Waals surface area contributed by atoms with Crippen molar-refractivity contribution in [2.75, 3.05) is 0 Å². The summed E-state index contributed by atoms with van der Waals surface area (Å²) in [4.78, 5) is 0.219. The maximum Gasteiger partial charge on any atom is 0.240 e. The molecule has 0 bridgehead atoms. The molecule has 0 radical (unpaired) electrons. The van der Waals surface area contributed by atoms with E-state index in [1.807, 2.05) is 20.8 Å². The molecule has 0 saturated carbocycles. The molecule has 1 rings (SSSR count). The molecule has 0 aliphatic heterocycles. The smallest absolute Gasteiger partial charge is 0.240 e. The lowest BCUT2D eigenvalue weighted by Gasteiger charge is -2.14. The molecular weight excluding hydrogens is 262 g/mol. The highest BCUT2D eigenvalue weighted by atomic mass is 32.2. The Morgan fingerprint density at radius 1 is 1.26 bits per heavy atom. The van der Waals surface area contributed by atoms with Gasteiger partial charge in [0.15, 0.2) is 0 Å². The van der Waals surface area contributed by atoms with Gasteiger partial charge in [0.25, 0.3) is 0 Å². The summed E-state index contributed by atoms with van der Waals surface area (Å²) in [7, 11) is -3.50. The fraction of sp³-hybridized carbons (Fsp3) is 0.571. The van der Waals surface area contributed by atoms with Crippen molar-refractivity contribution in [1.29, 1.82) is 0 Å². The predicted molar refractivity (Wildman–Crippen MR) is 76.4 cm³/mol. The van der Waals surface area contributed by atoms with Gasteiger partial charge in [0.2, 0.25) is 10.0 Å². The zero-order valence-electron chi connectivity index (χ0n) is 11.8. The largest absolute Gasteiger partial charge is 0.392 e. The molecule has 5 heteroatoms. The fourth-order valence-electron chi connectivity index (χ4n) is 2.09. The Balaban J connectivity index is 3.01. The van der Waals surface area contributed by atoms with Gasteiger partial charge in [-0.1, -0.05) is 26.3 Å². The molecule has 19 heavy (non-hydrogen) atoms. The van der Waals surface area contributed by atoms with Crippen LogP contribution >= 0.6 is 0 Å². The Morgan fingerprint density at radius 2 is 1.95 bits per heavy atom. The van der Waals surface area contributed by atoms with E-state index in [0.29, 0.717) is 5.56 Å². The lowest BCUT2D eigenvalue weighted by molar-refractivity contribution is 0.280. The summed E-state index contributed by atoms with van der Waals surface area (Å²) < 4.78 is 27.0. The van der Waals surface area contributed by atoms with Gasteiger partial charge in [0, 0.05) is 6.04 Å². The van der Waals surface area contributed by atoms with Crippen LogP contribution < -0.4 is 4.72 Å². The minimum atomic E-state index is -3.50. The second-order valence-corrected chi connectivity index (χ2v) is 6.47. The number of nitrogens with one attached hydrogen (secondary N) is 1. The molecule has 108 valence electrons. The standard InChI is InChI=1S/C14H23NO3S/c1-4-6-11(3)15-19(17,18)14-8-7-12(5-2)13(9-14)10-16/h7-9,11,15-16H,4-6,10H2,1-3H3. The summed E-state index contributed by atoms with van der Waals surface area (Å²) in [5.41, 5.74) is 1.65. The first-order chi connectivity index (χ1) is 8.94. The number of benzene rings is 1. The molecule has 0 aliphatic carbocycles. The summed E-state index contributed by atoms with van der Waals surface area (Å²) in [6.07, 6.45) is 2.51. The molecule has 1 atom stereocenters. The van der Waals surface area contributed by atoms with E-state index < -0.39 is 10.0 Å². The van der Waals surface area contributed by atoms with E-state index >= 15 is 0 Å². The molecule has 1 aromatic rings. The van der Waals surface area contributed by atoms with Crippen molar-refractivity contribution in [2.45, 2.75) is 57.6 Å². The molecule has 4 nitrogen and oxygen atoms in total. The summed E-state index contributed by atoms with van der Waals surface area (Å²) in [6, 6.07) is 4.84. The van der Waals surface area contributed by atoms with Gasteiger partial charge in [-0.05, 0) is 43.0 Å². The highest BCUT2D eigenvalue weighted by Gasteiger charge is 2.18. The molecule has 2 N–H and O–H groups in total. The number of aryl methyl sites for hydroxylation is 1. The maximum absolute atomic E-state index is 12.2. The average molecular weight is 285 g/mol. The van der Waals surface area contributed by atoms with E-state index in [4.69, 9.17) is 0 Å². The SMILES string of the molecule is CCCC(C)NS(=O)(=O)c1ccc(CC)c(CO)c1. The number of sulfonamides is 1. The van der Waals surface area contributed by atoms with Gasteiger partial charge in [0.1, 0.15) is 0 Å². The van der Waals surface area contributed by atoms with Crippen LogP contribution in [0, 0.1) is 0 Å². The summed E-state index contributed by atoms with van der Waals surface area (Å²) in [5, 5.41) is 9.29. The predicted octanol–water partition coefficient (Wildman–Crippen LogP) is 2.21. The number of hydrogen-bond acceptors (Lipinski definition) is 3. The number of aliphatic hydroxyl groups excluding tert-OH is 1. The van der Waals surface area contributed by atoms with E-state index in [2.05, 4.69) is 4.72 Å². The van der Waals surface area contributed by atoms with Gasteiger partial charge in [0.05, 0.1) is 11.5 Å². The van der Waals surface area contributed by atoms with Crippen LogP contribution in [0.4, 0.5) is 0 Å². The van der Waals surface area contributed by atoms with Crippen LogP contribution in [-0.2, 0) is 23.1 Å². The van der Waals surface area contributed by atoms with Gasteiger partial charge in [-0.25, -0.2) is 13.1 Å². The van der Waals surface area contributed by atoms with Crippen LogP contribution in [0.15, 0.2) is 23.1 Å². The second kappa shape index (κ2) is 7.03. The molecule has 0 heterocycles. The van der Waals surface area contributed by atoms with Crippen molar-refractivity contribution in [3.63, 3.8) is 0 Å². The Kier molecular flexibility index (Phi) is 5.97. The molecule has 0 saturated heterocycles. The monoisotopic (exact) mass is 285 g/mol. The summed E-state index contributed by atoms with van der Waals surface area (Å²) in [5.74, 6) is 0. The quantitative estimate of drug-likeness (QED) is 0.807. The Hall–Kier alpha value is -0.910. The van der Waals surface area contributed by atoms with Gasteiger partial charge in [-0.15, -0.1) is 0 Å². The molecule has 1 aromatic carbocycles. The third-order valence-electron chi connectivity index (χ3n) is 3.12. The molecule has 1 unspecified atom stereocenters. The van der Waals surface area contributed by atoms with Crippen molar-refractivity contribution >= 4 is 10.0 Å². The van der Waals surface area contributed by atoms with E-state index in [9.17, 15) is 13.5 Å². The van der Waals surface area contributed by atoms with Gasteiger partial charge in [-0.2, -0.15) is 0 Å². The van der Waals surface area contributed by atoms with Gasteiger partial charge >= 0.3 is 0 Å². The Bertz CT molecular complexity index is 511. The van der Waals surface area contributed by atoms with Crippen LogP contribution in [0.1, 0.15) is 44.7 Å². The Morgan fingerprint density at radius 3 is 2.47 bits per heavy atom. The first-order valence-electron chi connectivity index (χ1n) is 6.69. The molecule has 0 aliphatic rings. The van der Waals surface area contributed by atoms with Crippen LogP contribution in [0.3, 0.4) is 0 Å². The van der Waals surface area contributed by atoms with Crippen molar-refractivity contribution in [1.82, 2.24) is 4.72 Å². The van der Waals surface area contributed by atoms with Crippen molar-refractivity contribution in [3.8, 4) is 0 Å². The maximum atomic E-state index is 12.2. The van der Waals surface area contributed by atoms with E-state index in [-0.39, 0.29) is 17.5 Å². The third kappa shape index (κ3) is 4.30. The minimum absolute atomic E-state index is 0.0848. The fourth-order valence-corrected chi connectivity index (χ4v) is 3.41. The van der Waals surface area contributed by atoms with Crippen molar-refractivity contribution < 1.29 is 13.5 Å². The van der Waals surface area contributed by atoms with Crippen LogP contribution in [0.2, 0.25) is 0 Å². The third-order valence-corrected chi connectivity index (χ3v) is 4.70. The van der Waals surface area contributed by atoms with E-state index in [0.717, 1.165) is 24.8 Å². The highest BCUT2D eigenvalue weighted by molar-refractivity contribution is 7.89. The average Bonchev–Trinajstić information content (AvgIpc) is 2.37. The lowest BCUT2D eigenvalue weighted by atomic mass is 10.1. The van der Waals surface area contributed by atoms with Gasteiger partial charge in [-0.3, -0.25) is 0 Å². The van der Waals surface area contributed by atoms with Crippen LogP contribution in [-0.4, -0.2) is 19.6 Å². The van der Waals surface area contributed by atoms with Crippen molar-refractivity contribution in [3.05, 3.63) is 29.3 Å². The summed E-state index contributed by atoms with van der Waals surface area (Å²) >= 11 is 0. The molecule has 0 amide bonds. The highest BCUT2D eigenvalue weighted by Crippen LogP contribution is 2.17. The van der Waals surface area contributed by atoms with Crippen LogP contribution in [0.5, 0.6) is 0 Å². The van der Waals surface area contributed by atoms with E-state index in [1.165, 1.54) is 0 Å². The molecule has 0 spiro atoms. The number of hydrogen-bond donors (Lipinski definition) is 2. The zero-order valence-corrected chi connectivity index (χ0v) is 12.6. The Labute approximate surface area is 115 Å². The minimum Gasteiger partial charge on any atom is -0.392 e. The molecule has 0 aromatic heterocycles. The van der Waals surface area contributed by atoms with Crippen LogP contribution in [0.25, 0.3) is 0 Å². The first kappa shape index (κ1) is 16.1. The van der Waals surface area contributed by atoms with Gasteiger partial charge < -0.3 is 5.11 Å². The summed E-state index contributed by atoms with van der Waals surface area (Å²) in [6.45, 7) is 5.71. The second-order valence-electron chi connectivity index (χ2n) is 4.75. The normalized spacial score (nSPS) is 13.5. The first-order valence-corrected chi connectivity index (χ1v) is 8.17. The number of aliphatic hydroxyl groups is 1. The lowest BCUT2D eigenvalue weighted by Crippen LogP contribution is -2.32.